The van der Waals surface area contributed by atoms with Gasteiger partial charge in [0.1, 0.15) is 0 Å². The third kappa shape index (κ3) is 4.59. The van der Waals surface area contributed by atoms with Gasteiger partial charge in [0.15, 0.2) is 0 Å². The highest BCUT2D eigenvalue weighted by Crippen LogP contribution is 2.10. The average molecular weight is 280 g/mol. The van der Waals surface area contributed by atoms with Crippen LogP contribution in [0.25, 0.3) is 0 Å². The van der Waals surface area contributed by atoms with Crippen LogP contribution in [0, 0.1) is 0 Å². The molecule has 0 fully saturated rings. The van der Waals surface area contributed by atoms with Crippen LogP contribution in [0.15, 0.2) is 24.3 Å². The molecule has 0 saturated heterocycles. The van der Waals surface area contributed by atoms with E-state index in [4.69, 9.17) is 15.2 Å². The lowest BCUT2D eigenvalue weighted by Gasteiger charge is -2.28. The molecule has 0 aliphatic heterocycles. The Kier molecular flexibility index (Phi) is 7.22. The molecule has 0 aliphatic rings. The number of hydrogen-bond acceptors (Lipinski definition) is 4. The molecule has 0 bridgehead atoms. The van der Waals surface area contributed by atoms with Crippen molar-refractivity contribution in [2.75, 3.05) is 34.0 Å². The molecule has 2 N–H and O–H groups in total. The van der Waals surface area contributed by atoms with Crippen molar-refractivity contribution >= 4 is 5.91 Å². The van der Waals surface area contributed by atoms with Crippen LogP contribution >= 0.6 is 0 Å². The van der Waals surface area contributed by atoms with Crippen LogP contribution in [0.4, 0.5) is 0 Å². The predicted molar refractivity (Wildman–Crippen MR) is 78.6 cm³/mol. The lowest BCUT2D eigenvalue weighted by atomic mass is 10.1. The van der Waals surface area contributed by atoms with Crippen molar-refractivity contribution in [3.05, 3.63) is 35.4 Å². The van der Waals surface area contributed by atoms with Gasteiger partial charge in [-0.1, -0.05) is 12.1 Å². The van der Waals surface area contributed by atoms with E-state index in [1.54, 1.807) is 19.1 Å². The number of benzene rings is 1. The minimum Gasteiger partial charge on any atom is -0.383 e. The number of nitrogens with two attached hydrogens (primary N) is 1. The summed E-state index contributed by atoms with van der Waals surface area (Å²) < 4.78 is 10.2. The summed E-state index contributed by atoms with van der Waals surface area (Å²) in [6, 6.07) is 7.37. The van der Waals surface area contributed by atoms with Crippen molar-refractivity contribution in [3.63, 3.8) is 0 Å². The van der Waals surface area contributed by atoms with E-state index in [0.29, 0.717) is 31.9 Å². The summed E-state index contributed by atoms with van der Waals surface area (Å²) in [7, 11) is 3.26. The van der Waals surface area contributed by atoms with Crippen LogP contribution in [0.2, 0.25) is 0 Å². The van der Waals surface area contributed by atoms with Gasteiger partial charge in [0.2, 0.25) is 0 Å². The Bertz CT molecular complexity index is 406. The molecule has 0 spiro atoms. The van der Waals surface area contributed by atoms with Gasteiger partial charge in [-0.15, -0.1) is 0 Å². The maximum atomic E-state index is 12.6. The largest absolute Gasteiger partial charge is 0.383 e. The lowest BCUT2D eigenvalue weighted by molar-refractivity contribution is 0.0479. The van der Waals surface area contributed by atoms with Gasteiger partial charge >= 0.3 is 0 Å². The number of nitrogens with zero attached hydrogens (tertiary/aromatic N) is 1. The molecule has 1 rings (SSSR count). The third-order valence-electron chi connectivity index (χ3n) is 3.17. The molecule has 1 aromatic rings. The fourth-order valence-corrected chi connectivity index (χ4v) is 1.99. The monoisotopic (exact) mass is 280 g/mol. The smallest absolute Gasteiger partial charge is 0.254 e. The van der Waals surface area contributed by atoms with E-state index in [1.165, 1.54) is 0 Å². The average Bonchev–Trinajstić information content (AvgIpc) is 2.48. The zero-order chi connectivity index (χ0) is 15.0. The maximum Gasteiger partial charge on any atom is 0.254 e. The summed E-state index contributed by atoms with van der Waals surface area (Å²) in [4.78, 5) is 14.3. The van der Waals surface area contributed by atoms with Gasteiger partial charge in [0, 0.05) is 32.9 Å². The van der Waals surface area contributed by atoms with Gasteiger partial charge in [0.05, 0.1) is 19.3 Å². The van der Waals surface area contributed by atoms with Crippen molar-refractivity contribution in [3.8, 4) is 0 Å². The van der Waals surface area contributed by atoms with E-state index in [-0.39, 0.29) is 11.9 Å². The molecule has 1 atom stereocenters. The Hall–Kier alpha value is -1.43. The van der Waals surface area contributed by atoms with Crippen LogP contribution in [0.3, 0.4) is 0 Å². The van der Waals surface area contributed by atoms with E-state index < -0.39 is 0 Å². The van der Waals surface area contributed by atoms with E-state index in [9.17, 15) is 4.79 Å². The summed E-state index contributed by atoms with van der Waals surface area (Å²) in [5.74, 6) is -0.0184. The second-order valence-corrected chi connectivity index (χ2v) is 4.70. The van der Waals surface area contributed by atoms with Crippen molar-refractivity contribution in [2.45, 2.75) is 19.5 Å². The number of hydrogen-bond donors (Lipinski definition) is 1. The molecule has 1 amide bonds. The van der Waals surface area contributed by atoms with Crippen LogP contribution in [-0.4, -0.2) is 50.8 Å². The van der Waals surface area contributed by atoms with Gasteiger partial charge < -0.3 is 20.1 Å². The molecule has 1 unspecified atom stereocenters. The second-order valence-electron chi connectivity index (χ2n) is 4.70. The highest BCUT2D eigenvalue weighted by Gasteiger charge is 2.21. The zero-order valence-corrected chi connectivity index (χ0v) is 12.5. The van der Waals surface area contributed by atoms with Crippen molar-refractivity contribution in [2.24, 2.45) is 5.73 Å². The molecule has 0 radical (unpaired) electrons. The predicted octanol–water partition coefficient (Wildman–Crippen LogP) is 1.27. The Morgan fingerprint density at radius 1 is 1.25 bits per heavy atom. The van der Waals surface area contributed by atoms with Gasteiger partial charge in [-0.2, -0.15) is 0 Å². The van der Waals surface area contributed by atoms with Crippen LogP contribution in [0.1, 0.15) is 22.8 Å². The molecular formula is C15H24N2O3. The number of rotatable bonds is 8. The van der Waals surface area contributed by atoms with Gasteiger partial charge in [0.25, 0.3) is 5.91 Å². The molecule has 20 heavy (non-hydrogen) atoms. The van der Waals surface area contributed by atoms with Gasteiger partial charge in [-0.3, -0.25) is 4.79 Å². The van der Waals surface area contributed by atoms with Crippen LogP contribution in [0.5, 0.6) is 0 Å². The minimum atomic E-state index is -0.0184. The highest BCUT2D eigenvalue weighted by atomic mass is 16.5. The number of amides is 1. The fraction of sp³-hybridized carbons (Fsp3) is 0.533. The molecule has 0 heterocycles. The van der Waals surface area contributed by atoms with Crippen molar-refractivity contribution < 1.29 is 14.3 Å². The molecule has 1 aromatic carbocycles. The first-order valence-corrected chi connectivity index (χ1v) is 6.71. The Morgan fingerprint density at radius 2 is 1.90 bits per heavy atom. The molecule has 112 valence electrons. The lowest BCUT2D eigenvalue weighted by Crippen LogP contribution is -2.43. The summed E-state index contributed by atoms with van der Waals surface area (Å²) >= 11 is 0. The topological polar surface area (TPSA) is 64.8 Å². The van der Waals surface area contributed by atoms with E-state index in [0.717, 1.165) is 5.56 Å². The summed E-state index contributed by atoms with van der Waals surface area (Å²) in [6.07, 6.45) is 0. The second kappa shape index (κ2) is 8.68. The maximum absolute atomic E-state index is 12.6. The standard InChI is InChI=1S/C15H24N2O3/c1-12(11-20-3)17(8-9-19-2)15(18)14-6-4-13(10-16)5-7-14/h4-7,12H,8-11,16H2,1-3H3. The first-order chi connectivity index (χ1) is 9.63. The number of ether oxygens (including phenoxy) is 2. The first kappa shape index (κ1) is 16.6. The van der Waals surface area contributed by atoms with E-state index in [1.807, 2.05) is 31.2 Å². The minimum absolute atomic E-state index is 0.00293. The summed E-state index contributed by atoms with van der Waals surface area (Å²) in [6.45, 7) is 3.97. The normalized spacial score (nSPS) is 12.2. The van der Waals surface area contributed by atoms with Crippen LogP contribution in [-0.2, 0) is 16.0 Å². The molecular weight excluding hydrogens is 256 g/mol. The summed E-state index contributed by atoms with van der Waals surface area (Å²) in [5.41, 5.74) is 7.22. The number of carbonyl (C=O) groups is 1. The van der Waals surface area contributed by atoms with E-state index in [2.05, 4.69) is 0 Å². The molecule has 0 aromatic heterocycles. The fourth-order valence-electron chi connectivity index (χ4n) is 1.99. The van der Waals surface area contributed by atoms with E-state index >= 15 is 0 Å². The number of carbonyl (C=O) groups excluding carboxylic acids is 1. The van der Waals surface area contributed by atoms with Crippen molar-refractivity contribution in [1.82, 2.24) is 4.90 Å². The van der Waals surface area contributed by atoms with Gasteiger partial charge in [-0.25, -0.2) is 0 Å². The Labute approximate surface area is 120 Å². The van der Waals surface area contributed by atoms with Crippen LogP contribution < -0.4 is 5.73 Å². The summed E-state index contributed by atoms with van der Waals surface area (Å²) in [5, 5.41) is 0. The Balaban J connectivity index is 2.84. The first-order valence-electron chi connectivity index (χ1n) is 6.71. The molecule has 0 saturated carbocycles. The quantitative estimate of drug-likeness (QED) is 0.779. The van der Waals surface area contributed by atoms with Gasteiger partial charge in [-0.05, 0) is 24.6 Å². The SMILES string of the molecule is COCCN(C(=O)c1ccc(CN)cc1)C(C)COC. The van der Waals surface area contributed by atoms with Crippen molar-refractivity contribution in [1.29, 1.82) is 0 Å². The molecule has 5 heteroatoms. The third-order valence-corrected chi connectivity index (χ3v) is 3.17. The molecule has 5 nitrogen and oxygen atoms in total. The zero-order valence-electron chi connectivity index (χ0n) is 12.5. The molecule has 0 aliphatic carbocycles. The Morgan fingerprint density at radius 3 is 2.40 bits per heavy atom. The number of methoxy groups -OCH3 is 2. The highest BCUT2D eigenvalue weighted by molar-refractivity contribution is 5.94.